The maximum absolute atomic E-state index is 12.6. The van der Waals surface area contributed by atoms with Gasteiger partial charge in [0.25, 0.3) is 5.91 Å². The molecule has 4 rings (SSSR count). The average Bonchev–Trinajstić information content (AvgIpc) is 2.97. The van der Waals surface area contributed by atoms with Gasteiger partial charge in [0.2, 0.25) is 0 Å². The zero-order valence-corrected chi connectivity index (χ0v) is 15.8. The van der Waals surface area contributed by atoms with Gasteiger partial charge in [0.05, 0.1) is 13.2 Å². The molecule has 6 heteroatoms. The van der Waals surface area contributed by atoms with Gasteiger partial charge < -0.3 is 9.47 Å². The van der Waals surface area contributed by atoms with Crippen LogP contribution in [0, 0.1) is 6.92 Å². The van der Waals surface area contributed by atoms with E-state index in [0.717, 1.165) is 17.7 Å². The number of thiazole rings is 1. The quantitative estimate of drug-likeness (QED) is 0.726. The molecular weight excluding hydrogens is 360 g/mol. The van der Waals surface area contributed by atoms with Crippen LogP contribution >= 0.6 is 11.3 Å². The van der Waals surface area contributed by atoms with Crippen molar-refractivity contribution in [3.8, 4) is 11.5 Å². The number of amides is 1. The summed E-state index contributed by atoms with van der Waals surface area (Å²) in [6.07, 6.45) is 3.45. The monoisotopic (exact) mass is 380 g/mol. The molecule has 0 aliphatic carbocycles. The van der Waals surface area contributed by atoms with Gasteiger partial charge in [-0.2, -0.15) is 0 Å². The van der Waals surface area contributed by atoms with E-state index in [1.54, 1.807) is 18.2 Å². The highest BCUT2D eigenvalue weighted by Gasteiger charge is 2.15. The van der Waals surface area contributed by atoms with Crippen LogP contribution in [0.5, 0.6) is 11.5 Å². The van der Waals surface area contributed by atoms with Crippen molar-refractivity contribution in [2.45, 2.75) is 19.8 Å². The molecule has 0 spiro atoms. The maximum atomic E-state index is 12.6. The number of hydrogen-bond acceptors (Lipinski definition) is 5. The topological polar surface area (TPSA) is 60.5 Å². The van der Waals surface area contributed by atoms with Gasteiger partial charge >= 0.3 is 0 Å². The minimum Gasteiger partial charge on any atom is -0.490 e. The van der Waals surface area contributed by atoms with Gasteiger partial charge in [0.15, 0.2) is 16.6 Å². The van der Waals surface area contributed by atoms with E-state index >= 15 is 0 Å². The number of benzene rings is 2. The molecule has 1 amide bonds. The van der Waals surface area contributed by atoms with Crippen LogP contribution in [0.4, 0.5) is 5.13 Å². The molecule has 5 nitrogen and oxygen atoms in total. The molecule has 0 saturated heterocycles. The van der Waals surface area contributed by atoms with Crippen molar-refractivity contribution in [1.29, 1.82) is 0 Å². The van der Waals surface area contributed by atoms with Gasteiger partial charge in [0, 0.05) is 29.5 Å². The number of rotatable bonds is 4. The highest BCUT2D eigenvalue weighted by atomic mass is 32.1. The normalized spacial score (nSPS) is 13.1. The molecule has 2 heterocycles. The smallest absolute Gasteiger partial charge is 0.257 e. The average molecular weight is 380 g/mol. The van der Waals surface area contributed by atoms with Crippen LogP contribution in [0.2, 0.25) is 0 Å². The molecular formula is C21H20N2O3S. The SMILES string of the molecule is Cc1ccc(Cc2cnc(NC(=O)c3ccc4c(c3)OCCCO4)s2)cc1. The largest absolute Gasteiger partial charge is 0.490 e. The van der Waals surface area contributed by atoms with Crippen LogP contribution in [0.3, 0.4) is 0 Å². The molecule has 1 N–H and O–H groups in total. The first-order valence-electron chi connectivity index (χ1n) is 8.88. The lowest BCUT2D eigenvalue weighted by Gasteiger charge is -2.08. The lowest BCUT2D eigenvalue weighted by Crippen LogP contribution is -2.11. The number of aryl methyl sites for hydroxylation is 1. The van der Waals surface area contributed by atoms with Gasteiger partial charge in [-0.3, -0.25) is 10.1 Å². The van der Waals surface area contributed by atoms with Crippen molar-refractivity contribution in [2.24, 2.45) is 0 Å². The first-order valence-corrected chi connectivity index (χ1v) is 9.70. The zero-order chi connectivity index (χ0) is 18.6. The summed E-state index contributed by atoms with van der Waals surface area (Å²) in [5.41, 5.74) is 2.99. The summed E-state index contributed by atoms with van der Waals surface area (Å²) in [6.45, 7) is 3.29. The van der Waals surface area contributed by atoms with Crippen molar-refractivity contribution >= 4 is 22.4 Å². The summed E-state index contributed by atoms with van der Waals surface area (Å²) in [5, 5.41) is 3.46. The van der Waals surface area contributed by atoms with Crippen LogP contribution in [-0.2, 0) is 6.42 Å². The number of nitrogens with zero attached hydrogens (tertiary/aromatic N) is 1. The predicted molar refractivity (Wildman–Crippen MR) is 106 cm³/mol. The highest BCUT2D eigenvalue weighted by molar-refractivity contribution is 7.15. The molecule has 0 bridgehead atoms. The van der Waals surface area contributed by atoms with Crippen molar-refractivity contribution < 1.29 is 14.3 Å². The molecule has 1 aliphatic heterocycles. The van der Waals surface area contributed by atoms with Crippen molar-refractivity contribution in [2.75, 3.05) is 18.5 Å². The lowest BCUT2D eigenvalue weighted by molar-refractivity contribution is 0.102. The van der Waals surface area contributed by atoms with E-state index in [1.807, 2.05) is 6.20 Å². The van der Waals surface area contributed by atoms with Gasteiger partial charge in [0.1, 0.15) is 0 Å². The fraction of sp³-hybridized carbons (Fsp3) is 0.238. The van der Waals surface area contributed by atoms with Crippen LogP contribution in [0.1, 0.15) is 32.8 Å². The van der Waals surface area contributed by atoms with Crippen molar-refractivity contribution in [1.82, 2.24) is 4.98 Å². The Hall–Kier alpha value is -2.86. The van der Waals surface area contributed by atoms with E-state index in [1.165, 1.54) is 22.5 Å². The molecule has 2 aromatic carbocycles. The lowest BCUT2D eigenvalue weighted by atomic mass is 10.1. The fourth-order valence-electron chi connectivity index (χ4n) is 2.83. The van der Waals surface area contributed by atoms with Crippen LogP contribution in [0.15, 0.2) is 48.7 Å². The Morgan fingerprint density at radius 3 is 2.70 bits per heavy atom. The third kappa shape index (κ3) is 4.28. The molecule has 3 aromatic rings. The second-order valence-electron chi connectivity index (χ2n) is 6.46. The Morgan fingerprint density at radius 1 is 1.11 bits per heavy atom. The maximum Gasteiger partial charge on any atom is 0.257 e. The molecule has 0 radical (unpaired) electrons. The second kappa shape index (κ2) is 7.80. The summed E-state index contributed by atoms with van der Waals surface area (Å²) in [7, 11) is 0. The Balaban J connectivity index is 1.43. The van der Waals surface area contributed by atoms with E-state index in [4.69, 9.17) is 9.47 Å². The molecule has 0 saturated carbocycles. The molecule has 0 atom stereocenters. The highest BCUT2D eigenvalue weighted by Crippen LogP contribution is 2.31. The van der Waals surface area contributed by atoms with E-state index < -0.39 is 0 Å². The second-order valence-corrected chi connectivity index (χ2v) is 7.58. The van der Waals surface area contributed by atoms with E-state index in [2.05, 4.69) is 41.5 Å². The zero-order valence-electron chi connectivity index (χ0n) is 15.0. The van der Waals surface area contributed by atoms with Crippen molar-refractivity contribution in [3.63, 3.8) is 0 Å². The van der Waals surface area contributed by atoms with E-state index in [9.17, 15) is 4.79 Å². The third-order valence-electron chi connectivity index (χ3n) is 4.28. The van der Waals surface area contributed by atoms with E-state index in [0.29, 0.717) is 35.4 Å². The fourth-order valence-corrected chi connectivity index (χ4v) is 3.67. The molecule has 27 heavy (non-hydrogen) atoms. The molecule has 0 unspecified atom stereocenters. The van der Waals surface area contributed by atoms with Crippen molar-refractivity contribution in [3.05, 3.63) is 70.2 Å². The predicted octanol–water partition coefficient (Wildman–Crippen LogP) is 4.46. The van der Waals surface area contributed by atoms with Gasteiger partial charge in [-0.1, -0.05) is 29.8 Å². The Labute approximate surface area is 162 Å². The molecule has 138 valence electrons. The van der Waals surface area contributed by atoms with Crippen LogP contribution in [-0.4, -0.2) is 24.1 Å². The Morgan fingerprint density at radius 2 is 1.89 bits per heavy atom. The summed E-state index contributed by atoms with van der Waals surface area (Å²) in [4.78, 5) is 18.0. The molecule has 1 aromatic heterocycles. The summed E-state index contributed by atoms with van der Waals surface area (Å²) >= 11 is 1.49. The Bertz CT molecular complexity index is 950. The Kier molecular flexibility index (Phi) is 5.07. The number of anilines is 1. The first kappa shape index (κ1) is 17.5. The molecule has 0 fully saturated rings. The number of fused-ring (bicyclic) bond motifs is 1. The summed E-state index contributed by atoms with van der Waals surface area (Å²) in [6, 6.07) is 13.7. The number of aromatic nitrogens is 1. The number of carbonyl (C=O) groups is 1. The number of ether oxygens (including phenoxy) is 2. The number of carbonyl (C=O) groups excluding carboxylic acids is 1. The minimum atomic E-state index is -0.207. The standard InChI is InChI=1S/C21H20N2O3S/c1-14-3-5-15(6-4-14)11-17-13-22-21(27-17)23-20(24)16-7-8-18-19(12-16)26-10-2-9-25-18/h3-8,12-13H,2,9-11H2,1H3,(H,22,23,24). The summed E-state index contributed by atoms with van der Waals surface area (Å²) in [5.74, 6) is 1.08. The van der Waals surface area contributed by atoms with Gasteiger partial charge in [-0.05, 0) is 30.7 Å². The number of hydrogen-bond donors (Lipinski definition) is 1. The summed E-state index contributed by atoms with van der Waals surface area (Å²) < 4.78 is 11.3. The van der Waals surface area contributed by atoms with Crippen LogP contribution in [0.25, 0.3) is 0 Å². The first-order chi connectivity index (χ1) is 13.2. The van der Waals surface area contributed by atoms with E-state index in [-0.39, 0.29) is 5.91 Å². The number of nitrogens with one attached hydrogen (secondary N) is 1. The third-order valence-corrected chi connectivity index (χ3v) is 5.20. The van der Waals surface area contributed by atoms with Gasteiger partial charge in [-0.15, -0.1) is 11.3 Å². The minimum absolute atomic E-state index is 0.207. The van der Waals surface area contributed by atoms with Gasteiger partial charge in [-0.25, -0.2) is 4.98 Å². The van der Waals surface area contributed by atoms with Crippen LogP contribution < -0.4 is 14.8 Å². The molecule has 1 aliphatic rings.